The van der Waals surface area contributed by atoms with Crippen LogP contribution in [0.25, 0.3) is 11.1 Å². The third-order valence-corrected chi connectivity index (χ3v) is 9.64. The van der Waals surface area contributed by atoms with Crippen LogP contribution >= 0.6 is 0 Å². The lowest BCUT2D eigenvalue weighted by atomic mass is 10.0. The Kier molecular flexibility index (Phi) is 4.52. The van der Waals surface area contributed by atoms with Gasteiger partial charge in [-0.1, -0.05) is 18.2 Å². The highest BCUT2D eigenvalue weighted by molar-refractivity contribution is 7.94. The Labute approximate surface area is 178 Å². The van der Waals surface area contributed by atoms with Gasteiger partial charge in [0, 0.05) is 32.4 Å². The highest BCUT2D eigenvalue weighted by Crippen LogP contribution is 2.44. The molecule has 1 aliphatic carbocycles. The summed E-state index contributed by atoms with van der Waals surface area (Å²) in [5.74, 6) is 0.853. The van der Waals surface area contributed by atoms with E-state index in [-0.39, 0.29) is 11.5 Å². The second kappa shape index (κ2) is 6.88. The molecule has 3 aliphatic rings. The normalized spacial score (nSPS) is 22.2. The van der Waals surface area contributed by atoms with Gasteiger partial charge in [0.15, 0.2) is 9.84 Å². The van der Waals surface area contributed by atoms with E-state index in [0.717, 1.165) is 35.3 Å². The Balaban J connectivity index is 1.40. The summed E-state index contributed by atoms with van der Waals surface area (Å²) >= 11 is 0. The summed E-state index contributed by atoms with van der Waals surface area (Å²) in [5, 5.41) is 0. The molecule has 0 unspecified atom stereocenters. The van der Waals surface area contributed by atoms with E-state index < -0.39 is 20.0 Å². The number of sulfone groups is 1. The maximum absolute atomic E-state index is 12.8. The van der Waals surface area contributed by atoms with Gasteiger partial charge < -0.3 is 4.90 Å². The standard InChI is InChI=1S/C21H25N3O4S2/c1-22-21-14-18(6-9-20(21)24(30(22,27)28)15-16-2-3-16)17-4-7-19(8-5-17)23-10-12-29(25,26)13-11-23/h4-9,14,16H,2-3,10-13,15H2,1H3. The fraction of sp³-hybridized carbons (Fsp3) is 0.429. The predicted molar refractivity (Wildman–Crippen MR) is 120 cm³/mol. The van der Waals surface area contributed by atoms with Gasteiger partial charge >= 0.3 is 10.2 Å². The fourth-order valence-corrected chi connectivity index (χ4v) is 6.82. The molecule has 0 amide bonds. The molecule has 0 spiro atoms. The third kappa shape index (κ3) is 3.43. The zero-order valence-corrected chi connectivity index (χ0v) is 18.5. The van der Waals surface area contributed by atoms with Crippen LogP contribution in [-0.4, -0.2) is 55.0 Å². The van der Waals surface area contributed by atoms with Crippen molar-refractivity contribution in [1.29, 1.82) is 0 Å². The average molecular weight is 448 g/mol. The van der Waals surface area contributed by atoms with Crippen molar-refractivity contribution in [3.05, 3.63) is 42.5 Å². The van der Waals surface area contributed by atoms with Crippen LogP contribution in [0.4, 0.5) is 17.1 Å². The zero-order chi connectivity index (χ0) is 21.1. The molecule has 2 aromatic rings. The fourth-order valence-electron chi connectivity index (χ4n) is 4.13. The van der Waals surface area contributed by atoms with E-state index in [1.165, 1.54) is 8.61 Å². The molecule has 0 N–H and O–H groups in total. The molecule has 2 aromatic carbocycles. The monoisotopic (exact) mass is 447 g/mol. The lowest BCUT2D eigenvalue weighted by molar-refractivity contribution is 0.586. The topological polar surface area (TPSA) is 78.0 Å². The summed E-state index contributed by atoms with van der Waals surface area (Å²) in [6, 6.07) is 13.8. The van der Waals surface area contributed by atoms with Gasteiger partial charge in [-0.2, -0.15) is 8.42 Å². The number of benzene rings is 2. The first-order valence-corrected chi connectivity index (χ1v) is 13.4. The quantitative estimate of drug-likeness (QED) is 0.720. The van der Waals surface area contributed by atoms with Gasteiger partial charge in [0.1, 0.15) is 0 Å². The Morgan fingerprint density at radius 3 is 2.13 bits per heavy atom. The molecule has 5 rings (SSSR count). The molecule has 2 fully saturated rings. The molecule has 30 heavy (non-hydrogen) atoms. The smallest absolute Gasteiger partial charge is 0.326 e. The number of hydrogen-bond donors (Lipinski definition) is 0. The molecule has 2 aliphatic heterocycles. The Morgan fingerprint density at radius 2 is 1.50 bits per heavy atom. The minimum Gasteiger partial charge on any atom is -0.369 e. The van der Waals surface area contributed by atoms with Crippen molar-refractivity contribution in [2.45, 2.75) is 12.8 Å². The van der Waals surface area contributed by atoms with Gasteiger partial charge in [-0.25, -0.2) is 8.42 Å². The maximum Gasteiger partial charge on any atom is 0.326 e. The summed E-state index contributed by atoms with van der Waals surface area (Å²) in [4.78, 5) is 2.09. The largest absolute Gasteiger partial charge is 0.369 e. The average Bonchev–Trinajstić information content (AvgIpc) is 3.53. The van der Waals surface area contributed by atoms with E-state index in [0.29, 0.717) is 31.2 Å². The molecular formula is C21H25N3O4S2. The predicted octanol–water partition coefficient (Wildman–Crippen LogP) is 2.50. The highest BCUT2D eigenvalue weighted by atomic mass is 32.2. The summed E-state index contributed by atoms with van der Waals surface area (Å²) in [7, 11) is -4.79. The molecule has 0 aromatic heterocycles. The minimum atomic E-state index is -3.50. The van der Waals surface area contributed by atoms with E-state index in [2.05, 4.69) is 4.90 Å². The summed E-state index contributed by atoms with van der Waals surface area (Å²) in [5.41, 5.74) is 4.41. The Hall–Kier alpha value is -2.26. The Morgan fingerprint density at radius 1 is 0.867 bits per heavy atom. The molecule has 7 nitrogen and oxygen atoms in total. The van der Waals surface area contributed by atoms with Crippen LogP contribution in [0.15, 0.2) is 42.5 Å². The molecule has 9 heteroatoms. The van der Waals surface area contributed by atoms with E-state index >= 15 is 0 Å². The van der Waals surface area contributed by atoms with Crippen molar-refractivity contribution in [2.24, 2.45) is 5.92 Å². The van der Waals surface area contributed by atoms with Gasteiger partial charge in [0.2, 0.25) is 0 Å². The minimum absolute atomic E-state index is 0.192. The second-order valence-electron chi connectivity index (χ2n) is 8.34. The lowest BCUT2D eigenvalue weighted by Crippen LogP contribution is -2.40. The summed E-state index contributed by atoms with van der Waals surface area (Å²) in [6.07, 6.45) is 2.19. The molecule has 1 saturated carbocycles. The van der Waals surface area contributed by atoms with Crippen LogP contribution in [0.2, 0.25) is 0 Å². The first kappa shape index (κ1) is 19.7. The van der Waals surface area contributed by atoms with Crippen LogP contribution in [0, 0.1) is 5.92 Å². The SMILES string of the molecule is CN1c2cc(-c3ccc(N4CCS(=O)(=O)CC4)cc3)ccc2N(CC2CC2)S1(=O)=O. The molecule has 160 valence electrons. The maximum atomic E-state index is 12.8. The second-order valence-corrected chi connectivity index (χ2v) is 12.5. The van der Waals surface area contributed by atoms with E-state index in [1.54, 1.807) is 7.05 Å². The van der Waals surface area contributed by atoms with Crippen LogP contribution in [0.1, 0.15) is 12.8 Å². The van der Waals surface area contributed by atoms with E-state index in [4.69, 9.17) is 0 Å². The first-order chi connectivity index (χ1) is 14.2. The number of anilines is 3. The summed E-state index contributed by atoms with van der Waals surface area (Å²) < 4.78 is 51.9. The first-order valence-electron chi connectivity index (χ1n) is 10.2. The van der Waals surface area contributed by atoms with Crippen LogP contribution in [0.5, 0.6) is 0 Å². The van der Waals surface area contributed by atoms with Crippen LogP contribution < -0.4 is 13.5 Å². The van der Waals surface area contributed by atoms with Crippen molar-refractivity contribution in [2.75, 3.05) is 51.7 Å². The summed E-state index contributed by atoms with van der Waals surface area (Å²) in [6.45, 7) is 1.58. The van der Waals surface area contributed by atoms with E-state index in [9.17, 15) is 16.8 Å². The van der Waals surface area contributed by atoms with Gasteiger partial charge in [0.25, 0.3) is 0 Å². The molecular weight excluding hydrogens is 422 g/mol. The van der Waals surface area contributed by atoms with E-state index in [1.807, 2.05) is 42.5 Å². The highest BCUT2D eigenvalue weighted by Gasteiger charge is 2.40. The van der Waals surface area contributed by atoms with Gasteiger partial charge in [0.05, 0.1) is 22.9 Å². The Bertz CT molecular complexity index is 1180. The number of nitrogens with zero attached hydrogens (tertiary/aromatic N) is 3. The molecule has 2 heterocycles. The van der Waals surface area contributed by atoms with Crippen molar-refractivity contribution in [3.8, 4) is 11.1 Å². The van der Waals surface area contributed by atoms with Crippen molar-refractivity contribution in [3.63, 3.8) is 0 Å². The van der Waals surface area contributed by atoms with Crippen molar-refractivity contribution in [1.82, 2.24) is 0 Å². The zero-order valence-electron chi connectivity index (χ0n) is 16.9. The lowest BCUT2D eigenvalue weighted by Gasteiger charge is -2.28. The number of fused-ring (bicyclic) bond motifs is 1. The van der Waals surface area contributed by atoms with Gasteiger partial charge in [-0.15, -0.1) is 0 Å². The molecule has 1 saturated heterocycles. The van der Waals surface area contributed by atoms with Gasteiger partial charge in [-0.3, -0.25) is 8.61 Å². The number of rotatable bonds is 4. The third-order valence-electron chi connectivity index (χ3n) is 6.24. The molecule has 0 atom stereocenters. The molecule has 0 bridgehead atoms. The van der Waals surface area contributed by atoms with Crippen LogP contribution in [0.3, 0.4) is 0 Å². The van der Waals surface area contributed by atoms with Crippen LogP contribution in [-0.2, 0) is 20.0 Å². The molecule has 0 radical (unpaired) electrons. The van der Waals surface area contributed by atoms with Gasteiger partial charge in [-0.05, 0) is 54.2 Å². The number of hydrogen-bond acceptors (Lipinski definition) is 5. The van der Waals surface area contributed by atoms with Crippen molar-refractivity contribution < 1.29 is 16.8 Å². The van der Waals surface area contributed by atoms with Crippen molar-refractivity contribution >= 4 is 37.1 Å².